The highest BCUT2D eigenvalue weighted by molar-refractivity contribution is 6.05. The highest BCUT2D eigenvalue weighted by Crippen LogP contribution is 2.32. The van der Waals surface area contributed by atoms with Crippen LogP contribution >= 0.6 is 0 Å². The normalized spacial score (nSPS) is 21.7. The molecular formula is C27H33N5O3. The zero-order chi connectivity index (χ0) is 24.4. The van der Waals surface area contributed by atoms with Crippen molar-refractivity contribution in [3.63, 3.8) is 0 Å². The number of β-amino-alcohol motifs (C(OH)–C–C–N with tert-alkyl or cyclic N) is 1. The molecule has 2 amide bonds. The second kappa shape index (κ2) is 10.2. The Hall–Kier alpha value is -3.23. The number of nitrogens with one attached hydrogen (secondary N) is 3. The molecule has 0 spiro atoms. The Balaban J connectivity index is 1.57. The number of aliphatic hydroxyl groups is 1. The molecule has 2 aliphatic rings. The number of aromatic amines is 1. The third kappa shape index (κ3) is 5.09. The summed E-state index contributed by atoms with van der Waals surface area (Å²) in [5.41, 5.74) is 3.19. The minimum absolute atomic E-state index is 0.104. The van der Waals surface area contributed by atoms with E-state index >= 15 is 0 Å². The number of fused-ring (bicyclic) bond motifs is 1. The Bertz CT molecular complexity index is 1190. The summed E-state index contributed by atoms with van der Waals surface area (Å²) in [5, 5.41) is 17.5. The maximum Gasteiger partial charge on any atom is 0.248 e. The molecule has 8 nitrogen and oxygen atoms in total. The average molecular weight is 476 g/mol. The number of rotatable bonds is 6. The molecule has 3 aromatic rings. The summed E-state index contributed by atoms with van der Waals surface area (Å²) in [6, 6.07) is 10.1. The van der Waals surface area contributed by atoms with Crippen LogP contribution in [0.5, 0.6) is 0 Å². The average Bonchev–Trinajstić information content (AvgIpc) is 3.47. The molecule has 5 rings (SSSR count). The van der Waals surface area contributed by atoms with E-state index in [-0.39, 0.29) is 17.9 Å². The van der Waals surface area contributed by atoms with Gasteiger partial charge in [-0.25, -0.2) is 0 Å². The third-order valence-corrected chi connectivity index (χ3v) is 7.12. The molecule has 0 radical (unpaired) electrons. The highest BCUT2D eigenvalue weighted by Gasteiger charge is 2.39. The van der Waals surface area contributed by atoms with Crippen LogP contribution in [0.15, 0.2) is 48.8 Å². The summed E-state index contributed by atoms with van der Waals surface area (Å²) in [6.07, 6.45) is 8.31. The van der Waals surface area contributed by atoms with Crippen molar-refractivity contribution in [2.45, 2.75) is 69.7 Å². The number of carbonyl (C=O) groups excluding carboxylic acids is 2. The number of carbonyl (C=O) groups is 2. The van der Waals surface area contributed by atoms with Crippen molar-refractivity contribution in [1.82, 2.24) is 20.6 Å². The van der Waals surface area contributed by atoms with Crippen LogP contribution < -0.4 is 15.5 Å². The maximum absolute atomic E-state index is 14.0. The van der Waals surface area contributed by atoms with Crippen molar-refractivity contribution in [1.29, 1.82) is 0 Å². The molecule has 35 heavy (non-hydrogen) atoms. The predicted molar refractivity (Wildman–Crippen MR) is 135 cm³/mol. The first-order valence-electron chi connectivity index (χ1n) is 12.5. The standard InChI is InChI=1S/C27H33N5O3/c1-17-12-18-9-10-21(13-23(18)30-17)32(27(35)24-14-22(33)16-29-24)25(19-6-5-11-28-15-19)26(34)31-20-7-3-2-4-8-20/h5-6,9-13,15,20,22,24-25,29-30,33H,2-4,7-8,14,16H2,1H3,(H,31,34)/t22-,24-,25?/m1/s1. The molecule has 1 aliphatic carbocycles. The number of benzene rings is 1. The molecule has 184 valence electrons. The number of aliphatic hydroxyl groups excluding tert-OH is 1. The minimum atomic E-state index is -0.883. The number of nitrogens with zero attached hydrogens (tertiary/aromatic N) is 2. The van der Waals surface area contributed by atoms with Crippen molar-refractivity contribution in [3.05, 3.63) is 60.0 Å². The molecule has 3 atom stereocenters. The molecule has 2 fully saturated rings. The summed E-state index contributed by atoms with van der Waals surface area (Å²) < 4.78 is 0. The van der Waals surface area contributed by atoms with Crippen molar-refractivity contribution >= 4 is 28.4 Å². The number of hydrogen-bond donors (Lipinski definition) is 4. The number of aryl methyl sites for hydroxylation is 1. The van der Waals surface area contributed by atoms with Gasteiger partial charge in [0.15, 0.2) is 0 Å². The molecule has 3 heterocycles. The summed E-state index contributed by atoms with van der Waals surface area (Å²) in [4.78, 5) is 37.0. The molecule has 2 aromatic heterocycles. The summed E-state index contributed by atoms with van der Waals surface area (Å²) in [5.74, 6) is -0.448. The van der Waals surface area contributed by atoms with Gasteiger partial charge >= 0.3 is 0 Å². The lowest BCUT2D eigenvalue weighted by Gasteiger charge is -2.34. The van der Waals surface area contributed by atoms with E-state index in [2.05, 4.69) is 26.7 Å². The fourth-order valence-electron chi connectivity index (χ4n) is 5.37. The summed E-state index contributed by atoms with van der Waals surface area (Å²) in [6.45, 7) is 2.34. The fraction of sp³-hybridized carbons (Fsp3) is 0.444. The van der Waals surface area contributed by atoms with Crippen LogP contribution in [0, 0.1) is 6.92 Å². The van der Waals surface area contributed by atoms with E-state index < -0.39 is 18.2 Å². The third-order valence-electron chi connectivity index (χ3n) is 7.12. The van der Waals surface area contributed by atoms with Crippen molar-refractivity contribution < 1.29 is 14.7 Å². The number of aromatic nitrogens is 2. The molecule has 1 aromatic carbocycles. The van der Waals surface area contributed by atoms with Crippen molar-refractivity contribution in [2.24, 2.45) is 0 Å². The van der Waals surface area contributed by atoms with E-state index in [1.54, 1.807) is 23.4 Å². The Labute approximate surface area is 205 Å². The van der Waals surface area contributed by atoms with Gasteiger partial charge in [0.25, 0.3) is 0 Å². The topological polar surface area (TPSA) is 110 Å². The first-order valence-corrected chi connectivity index (χ1v) is 12.5. The van der Waals surface area contributed by atoms with Crippen LogP contribution in [0.1, 0.15) is 55.8 Å². The highest BCUT2D eigenvalue weighted by atomic mass is 16.3. The second-order valence-electron chi connectivity index (χ2n) is 9.81. The molecule has 1 saturated heterocycles. The van der Waals surface area contributed by atoms with Crippen LogP contribution in [0.3, 0.4) is 0 Å². The Kier molecular flexibility index (Phi) is 6.83. The van der Waals surface area contributed by atoms with Crippen LogP contribution in [-0.4, -0.2) is 51.6 Å². The minimum Gasteiger partial charge on any atom is -0.392 e. The lowest BCUT2D eigenvalue weighted by atomic mass is 9.94. The molecule has 1 saturated carbocycles. The number of amides is 2. The number of anilines is 1. The zero-order valence-corrected chi connectivity index (χ0v) is 20.0. The van der Waals surface area contributed by atoms with E-state index in [0.717, 1.165) is 42.3 Å². The number of hydrogen-bond acceptors (Lipinski definition) is 5. The molecule has 1 unspecified atom stereocenters. The molecule has 1 aliphatic heterocycles. The van der Waals surface area contributed by atoms with Crippen LogP contribution in [-0.2, 0) is 9.59 Å². The van der Waals surface area contributed by atoms with Gasteiger partial charge in [-0.05, 0) is 55.8 Å². The zero-order valence-electron chi connectivity index (χ0n) is 20.0. The predicted octanol–water partition coefficient (Wildman–Crippen LogP) is 3.12. The lowest BCUT2D eigenvalue weighted by molar-refractivity contribution is -0.128. The van der Waals surface area contributed by atoms with Gasteiger partial charge in [-0.3, -0.25) is 19.5 Å². The molecular weight excluding hydrogens is 442 g/mol. The lowest BCUT2D eigenvalue weighted by Crippen LogP contribution is -2.51. The Morgan fingerprint density at radius 1 is 1.17 bits per heavy atom. The smallest absolute Gasteiger partial charge is 0.248 e. The van der Waals surface area contributed by atoms with Crippen LogP contribution in [0.25, 0.3) is 10.9 Å². The van der Waals surface area contributed by atoms with Gasteiger partial charge in [-0.15, -0.1) is 0 Å². The molecule has 4 N–H and O–H groups in total. The van der Waals surface area contributed by atoms with E-state index in [0.29, 0.717) is 24.2 Å². The van der Waals surface area contributed by atoms with Gasteiger partial charge in [-0.1, -0.05) is 31.4 Å². The molecule has 0 bridgehead atoms. The van der Waals surface area contributed by atoms with Crippen molar-refractivity contribution in [3.8, 4) is 0 Å². The van der Waals surface area contributed by atoms with Crippen LogP contribution in [0.2, 0.25) is 0 Å². The van der Waals surface area contributed by atoms with E-state index in [1.807, 2.05) is 31.2 Å². The van der Waals surface area contributed by atoms with E-state index in [9.17, 15) is 14.7 Å². The fourth-order valence-corrected chi connectivity index (χ4v) is 5.37. The maximum atomic E-state index is 14.0. The van der Waals surface area contributed by atoms with E-state index in [4.69, 9.17) is 0 Å². The molecule has 8 heteroatoms. The summed E-state index contributed by atoms with van der Waals surface area (Å²) in [7, 11) is 0. The van der Waals surface area contributed by atoms with Crippen LogP contribution in [0.4, 0.5) is 5.69 Å². The van der Waals surface area contributed by atoms with Gasteiger partial charge < -0.3 is 20.7 Å². The first-order chi connectivity index (χ1) is 17.0. The largest absolute Gasteiger partial charge is 0.392 e. The quantitative estimate of drug-likeness (QED) is 0.438. The SMILES string of the molecule is Cc1cc2ccc(N(C(=O)[C@H]3C[C@@H](O)CN3)C(C(=O)NC3CCCCC3)c3cccnc3)cc2[nH]1. The van der Waals surface area contributed by atoms with Gasteiger partial charge in [-0.2, -0.15) is 0 Å². The summed E-state index contributed by atoms with van der Waals surface area (Å²) >= 11 is 0. The Morgan fingerprint density at radius 2 is 2.00 bits per heavy atom. The first kappa shape index (κ1) is 23.5. The van der Waals surface area contributed by atoms with Gasteiger partial charge in [0.2, 0.25) is 11.8 Å². The number of pyridine rings is 1. The van der Waals surface area contributed by atoms with Gasteiger partial charge in [0.1, 0.15) is 6.04 Å². The monoisotopic (exact) mass is 475 g/mol. The van der Waals surface area contributed by atoms with Crippen molar-refractivity contribution in [2.75, 3.05) is 11.4 Å². The number of H-pyrrole nitrogens is 1. The van der Waals surface area contributed by atoms with Gasteiger partial charge in [0, 0.05) is 47.4 Å². The van der Waals surface area contributed by atoms with E-state index in [1.165, 1.54) is 6.42 Å². The van der Waals surface area contributed by atoms with Gasteiger partial charge in [0.05, 0.1) is 12.1 Å². The Morgan fingerprint density at radius 3 is 2.71 bits per heavy atom. The second-order valence-corrected chi connectivity index (χ2v) is 9.81.